The van der Waals surface area contributed by atoms with Gasteiger partial charge in [-0.05, 0) is 42.5 Å². The molecule has 1 fully saturated rings. The molecule has 0 bridgehead atoms. The molecule has 0 spiro atoms. The summed E-state index contributed by atoms with van der Waals surface area (Å²) in [6, 6.07) is 13.2. The number of carbonyl (C=O) groups excluding carboxylic acids is 1. The van der Waals surface area contributed by atoms with E-state index in [1.54, 1.807) is 42.5 Å². The number of nitrogens with zero attached hydrogens (tertiary/aromatic N) is 5. The summed E-state index contributed by atoms with van der Waals surface area (Å²) in [6.45, 7) is 2.79. The monoisotopic (exact) mass is 427 g/mol. The highest BCUT2D eigenvalue weighted by atomic mass is 35.5. The maximum absolute atomic E-state index is 12.7. The molecule has 0 radical (unpaired) electrons. The molecule has 1 aromatic heterocycles. The number of carbonyl (C=O) groups is 1. The van der Waals surface area contributed by atoms with Crippen LogP contribution >= 0.6 is 11.6 Å². The molecule has 2 aromatic carbocycles. The molecule has 156 valence electrons. The first-order valence-corrected chi connectivity index (χ1v) is 9.96. The van der Waals surface area contributed by atoms with Crippen molar-refractivity contribution in [3.63, 3.8) is 0 Å². The van der Waals surface area contributed by atoms with Crippen LogP contribution in [-0.4, -0.2) is 65.5 Å². The molecule has 0 atom stereocenters. The highest BCUT2D eigenvalue weighted by Gasteiger charge is 2.22. The van der Waals surface area contributed by atoms with E-state index >= 15 is 0 Å². The Morgan fingerprint density at radius 1 is 1.03 bits per heavy atom. The van der Waals surface area contributed by atoms with E-state index in [9.17, 15) is 4.79 Å². The number of benzene rings is 2. The summed E-state index contributed by atoms with van der Waals surface area (Å²) in [5.41, 5.74) is 1.81. The predicted molar refractivity (Wildman–Crippen MR) is 114 cm³/mol. The Bertz CT molecular complexity index is 986. The number of amides is 1. The number of halogens is 1. The zero-order valence-corrected chi connectivity index (χ0v) is 17.3. The van der Waals surface area contributed by atoms with E-state index in [0.717, 1.165) is 24.5 Å². The van der Waals surface area contributed by atoms with Crippen LogP contribution in [-0.2, 0) is 4.79 Å². The number of rotatable bonds is 6. The molecule has 0 saturated carbocycles. The summed E-state index contributed by atoms with van der Waals surface area (Å²) in [5.74, 6) is 1.33. The third-order valence-corrected chi connectivity index (χ3v) is 5.27. The number of hydrogen-bond acceptors (Lipinski definition) is 6. The second-order valence-electron chi connectivity index (χ2n) is 6.84. The van der Waals surface area contributed by atoms with Gasteiger partial charge in [0.25, 0.3) is 5.91 Å². The van der Waals surface area contributed by atoms with Gasteiger partial charge in [0.2, 0.25) is 0 Å². The van der Waals surface area contributed by atoms with E-state index in [1.165, 1.54) is 0 Å². The quantitative estimate of drug-likeness (QED) is 0.602. The molecule has 30 heavy (non-hydrogen) atoms. The Balaban J connectivity index is 1.33. The first-order chi connectivity index (χ1) is 14.6. The van der Waals surface area contributed by atoms with Gasteiger partial charge in [0, 0.05) is 36.9 Å². The number of anilines is 1. The van der Waals surface area contributed by atoms with E-state index in [1.807, 2.05) is 29.2 Å². The van der Waals surface area contributed by atoms with Crippen LogP contribution in [0, 0.1) is 0 Å². The fraction of sp³-hybridized carbons (Fsp3) is 0.286. The third-order valence-electron chi connectivity index (χ3n) is 5.04. The molecule has 0 aliphatic carbocycles. The van der Waals surface area contributed by atoms with Crippen molar-refractivity contribution in [3.05, 3.63) is 60.1 Å². The van der Waals surface area contributed by atoms with Crippen molar-refractivity contribution in [2.24, 2.45) is 0 Å². The highest BCUT2D eigenvalue weighted by molar-refractivity contribution is 6.30. The van der Waals surface area contributed by atoms with Gasteiger partial charge in [-0.15, -0.1) is 10.2 Å². The third kappa shape index (κ3) is 4.49. The predicted octanol–water partition coefficient (Wildman–Crippen LogP) is 2.66. The maximum Gasteiger partial charge on any atom is 0.260 e. The standard InChI is InChI=1S/C21H22ClN5O3/c1-29-18-5-3-17(4-6-18)25-8-10-26(11-9-25)21(28)13-30-20-7-2-16(22)12-19(20)27-14-23-24-15-27/h2-7,12,14-15H,8-11,13H2,1H3. The second kappa shape index (κ2) is 9.04. The molecule has 1 saturated heterocycles. The van der Waals surface area contributed by atoms with Crippen LogP contribution in [0.1, 0.15) is 0 Å². The molecular formula is C21H22ClN5O3. The van der Waals surface area contributed by atoms with Crippen LogP contribution in [0.3, 0.4) is 0 Å². The molecule has 1 aliphatic heterocycles. The number of aromatic nitrogens is 3. The van der Waals surface area contributed by atoms with E-state index in [0.29, 0.717) is 29.5 Å². The second-order valence-corrected chi connectivity index (χ2v) is 7.27. The van der Waals surface area contributed by atoms with Gasteiger partial charge < -0.3 is 19.3 Å². The average molecular weight is 428 g/mol. The van der Waals surface area contributed by atoms with Crippen molar-refractivity contribution in [1.82, 2.24) is 19.7 Å². The van der Waals surface area contributed by atoms with Crippen LogP contribution in [0.4, 0.5) is 5.69 Å². The van der Waals surface area contributed by atoms with Gasteiger partial charge in [0.05, 0.1) is 12.8 Å². The van der Waals surface area contributed by atoms with Gasteiger partial charge in [-0.1, -0.05) is 11.6 Å². The van der Waals surface area contributed by atoms with E-state index < -0.39 is 0 Å². The molecule has 0 N–H and O–H groups in total. The summed E-state index contributed by atoms with van der Waals surface area (Å²) in [5, 5.41) is 8.18. The van der Waals surface area contributed by atoms with Crippen LogP contribution < -0.4 is 14.4 Å². The fourth-order valence-electron chi connectivity index (χ4n) is 3.38. The Labute approximate surface area is 179 Å². The number of hydrogen-bond donors (Lipinski definition) is 0. The molecule has 8 nitrogen and oxygen atoms in total. The van der Waals surface area contributed by atoms with Gasteiger partial charge in [-0.2, -0.15) is 0 Å². The zero-order valence-electron chi connectivity index (χ0n) is 16.6. The lowest BCUT2D eigenvalue weighted by molar-refractivity contribution is -0.133. The van der Waals surface area contributed by atoms with Crippen LogP contribution in [0.25, 0.3) is 5.69 Å². The van der Waals surface area contributed by atoms with E-state index in [2.05, 4.69) is 15.1 Å². The van der Waals surface area contributed by atoms with Crippen molar-refractivity contribution < 1.29 is 14.3 Å². The van der Waals surface area contributed by atoms with Crippen molar-refractivity contribution in [3.8, 4) is 17.2 Å². The lowest BCUT2D eigenvalue weighted by atomic mass is 10.2. The zero-order chi connectivity index (χ0) is 20.9. The van der Waals surface area contributed by atoms with Crippen molar-refractivity contribution in [1.29, 1.82) is 0 Å². The molecule has 0 unspecified atom stereocenters. The van der Waals surface area contributed by atoms with Crippen LogP contribution in [0.5, 0.6) is 11.5 Å². The number of ether oxygens (including phenoxy) is 2. The minimum atomic E-state index is -0.0472. The highest BCUT2D eigenvalue weighted by Crippen LogP contribution is 2.26. The van der Waals surface area contributed by atoms with Crippen molar-refractivity contribution in [2.45, 2.75) is 0 Å². The summed E-state index contributed by atoms with van der Waals surface area (Å²) < 4.78 is 12.7. The van der Waals surface area contributed by atoms with Crippen LogP contribution in [0.2, 0.25) is 5.02 Å². The Morgan fingerprint density at radius 2 is 1.73 bits per heavy atom. The SMILES string of the molecule is COc1ccc(N2CCN(C(=O)COc3ccc(Cl)cc3-n3cnnc3)CC2)cc1. The first-order valence-electron chi connectivity index (χ1n) is 9.58. The number of piperazine rings is 1. The van der Waals surface area contributed by atoms with Gasteiger partial charge in [-0.25, -0.2) is 0 Å². The smallest absolute Gasteiger partial charge is 0.260 e. The maximum atomic E-state index is 12.7. The topological polar surface area (TPSA) is 72.7 Å². The largest absolute Gasteiger partial charge is 0.497 e. The van der Waals surface area contributed by atoms with E-state index in [4.69, 9.17) is 21.1 Å². The molecule has 3 aromatic rings. The van der Waals surface area contributed by atoms with E-state index in [-0.39, 0.29) is 12.5 Å². The van der Waals surface area contributed by atoms with Gasteiger partial charge in [0.1, 0.15) is 24.2 Å². The lowest BCUT2D eigenvalue weighted by Gasteiger charge is -2.36. The minimum Gasteiger partial charge on any atom is -0.497 e. The summed E-state index contributed by atoms with van der Waals surface area (Å²) in [6.07, 6.45) is 3.11. The minimum absolute atomic E-state index is 0.0424. The summed E-state index contributed by atoms with van der Waals surface area (Å²) in [7, 11) is 1.65. The molecule has 1 amide bonds. The van der Waals surface area contributed by atoms with Crippen LogP contribution in [0.15, 0.2) is 55.1 Å². The summed E-state index contributed by atoms with van der Waals surface area (Å²) >= 11 is 6.10. The normalized spacial score (nSPS) is 13.9. The Kier molecular flexibility index (Phi) is 6.04. The lowest BCUT2D eigenvalue weighted by Crippen LogP contribution is -2.50. The summed E-state index contributed by atoms with van der Waals surface area (Å²) in [4.78, 5) is 16.8. The Hall–Kier alpha value is -3.26. The molecule has 9 heteroatoms. The fourth-order valence-corrected chi connectivity index (χ4v) is 3.54. The Morgan fingerprint density at radius 3 is 2.40 bits per heavy atom. The average Bonchev–Trinajstić information content (AvgIpc) is 3.33. The van der Waals surface area contributed by atoms with Gasteiger partial charge in [0.15, 0.2) is 6.61 Å². The van der Waals surface area contributed by atoms with Crippen molar-refractivity contribution in [2.75, 3.05) is 44.8 Å². The first kappa shape index (κ1) is 20.0. The number of methoxy groups -OCH3 is 1. The molecule has 1 aliphatic rings. The van der Waals surface area contributed by atoms with Crippen molar-refractivity contribution >= 4 is 23.2 Å². The molecule has 4 rings (SSSR count). The molecule has 2 heterocycles. The molecular weight excluding hydrogens is 406 g/mol. The van der Waals surface area contributed by atoms with Gasteiger partial charge in [-0.3, -0.25) is 9.36 Å². The van der Waals surface area contributed by atoms with Gasteiger partial charge >= 0.3 is 0 Å².